The lowest BCUT2D eigenvalue weighted by Gasteiger charge is -2.17. The number of aryl methyl sites for hydroxylation is 1. The number of rotatable bonds is 3. The Labute approximate surface area is 105 Å². The second-order valence-electron chi connectivity index (χ2n) is 4.32. The van der Waals surface area contributed by atoms with E-state index in [1.54, 1.807) is 27.9 Å². The summed E-state index contributed by atoms with van der Waals surface area (Å²) in [5, 5.41) is 2.49. The van der Waals surface area contributed by atoms with Crippen LogP contribution in [0.15, 0.2) is 17.1 Å². The van der Waals surface area contributed by atoms with Gasteiger partial charge in [0, 0.05) is 32.1 Å². The van der Waals surface area contributed by atoms with Crippen LogP contribution < -0.4 is 10.7 Å². The van der Waals surface area contributed by atoms with Gasteiger partial charge in [0.15, 0.2) is 5.43 Å². The first-order chi connectivity index (χ1) is 8.32. The Hall–Kier alpha value is -2.11. The summed E-state index contributed by atoms with van der Waals surface area (Å²) in [5.41, 5.74) is 0.307. The summed E-state index contributed by atoms with van der Waals surface area (Å²) in [6.45, 7) is 3.30. The number of carbonyl (C=O) groups is 2. The van der Waals surface area contributed by atoms with E-state index in [1.807, 2.05) is 0 Å². The largest absolute Gasteiger partial charge is 0.364 e. The number of carbonyl (C=O) groups excluding carboxylic acids is 2. The number of pyridine rings is 1. The minimum absolute atomic E-state index is 0.000920. The zero-order valence-corrected chi connectivity index (χ0v) is 10.9. The number of H-pyrrole nitrogens is 1. The Kier molecular flexibility index (Phi) is 4.25. The van der Waals surface area contributed by atoms with Crippen LogP contribution in [0.1, 0.15) is 23.0 Å². The lowest BCUT2D eigenvalue weighted by molar-refractivity contribution is -0.130. The van der Waals surface area contributed by atoms with Crippen LogP contribution in [0.4, 0.5) is 0 Å². The topological polar surface area (TPSA) is 82.3 Å². The summed E-state index contributed by atoms with van der Waals surface area (Å²) < 4.78 is 0. The van der Waals surface area contributed by atoms with Gasteiger partial charge in [0.1, 0.15) is 11.6 Å². The maximum absolute atomic E-state index is 11.8. The number of aromatic nitrogens is 1. The molecule has 0 aromatic carbocycles. The molecule has 0 bridgehead atoms. The molecule has 98 valence electrons. The molecule has 6 heteroatoms. The van der Waals surface area contributed by atoms with E-state index in [4.69, 9.17) is 0 Å². The van der Waals surface area contributed by atoms with Gasteiger partial charge in [0.2, 0.25) is 5.91 Å². The SMILES string of the molecule is Cc1cc(=O)c(C(=O)NC(C)C(=O)N(C)C)c[nH]1. The fourth-order valence-corrected chi connectivity index (χ4v) is 1.47. The van der Waals surface area contributed by atoms with Crippen molar-refractivity contribution in [2.24, 2.45) is 0 Å². The van der Waals surface area contributed by atoms with Gasteiger partial charge in [-0.1, -0.05) is 0 Å². The van der Waals surface area contributed by atoms with Gasteiger partial charge < -0.3 is 15.2 Å². The molecule has 2 N–H and O–H groups in total. The Bertz CT molecular complexity index is 520. The molecule has 0 fully saturated rings. The Morgan fingerprint density at radius 2 is 2.00 bits per heavy atom. The molecule has 0 aliphatic carbocycles. The molecule has 1 unspecified atom stereocenters. The molecule has 0 aliphatic heterocycles. The average Bonchev–Trinajstić information content (AvgIpc) is 2.27. The van der Waals surface area contributed by atoms with Gasteiger partial charge >= 0.3 is 0 Å². The van der Waals surface area contributed by atoms with Crippen LogP contribution in [0.2, 0.25) is 0 Å². The predicted molar refractivity (Wildman–Crippen MR) is 67.4 cm³/mol. The molecule has 18 heavy (non-hydrogen) atoms. The standard InChI is InChI=1S/C12H17N3O3/c1-7-5-10(16)9(6-13-7)11(17)14-8(2)12(18)15(3)4/h5-6,8H,1-4H3,(H,13,16)(H,14,17). The molecule has 0 saturated heterocycles. The first kappa shape index (κ1) is 14.0. The van der Waals surface area contributed by atoms with Crippen LogP contribution in [-0.4, -0.2) is 41.8 Å². The van der Waals surface area contributed by atoms with Crippen molar-refractivity contribution in [3.63, 3.8) is 0 Å². The molecular weight excluding hydrogens is 234 g/mol. The van der Waals surface area contributed by atoms with Crippen LogP contribution in [-0.2, 0) is 4.79 Å². The fourth-order valence-electron chi connectivity index (χ4n) is 1.47. The molecule has 1 aromatic heterocycles. The normalized spacial score (nSPS) is 11.8. The monoisotopic (exact) mass is 251 g/mol. The highest BCUT2D eigenvalue weighted by molar-refractivity contribution is 5.97. The summed E-state index contributed by atoms with van der Waals surface area (Å²) in [6, 6.07) is 0.668. The third-order valence-corrected chi connectivity index (χ3v) is 2.46. The summed E-state index contributed by atoms with van der Waals surface area (Å²) in [6.07, 6.45) is 1.35. The first-order valence-electron chi connectivity index (χ1n) is 5.54. The third-order valence-electron chi connectivity index (χ3n) is 2.46. The maximum atomic E-state index is 11.8. The minimum atomic E-state index is -0.673. The van der Waals surface area contributed by atoms with E-state index >= 15 is 0 Å². The third kappa shape index (κ3) is 3.19. The van der Waals surface area contributed by atoms with E-state index < -0.39 is 11.9 Å². The first-order valence-corrected chi connectivity index (χ1v) is 5.54. The zero-order chi connectivity index (χ0) is 13.9. The van der Waals surface area contributed by atoms with Crippen molar-refractivity contribution in [2.45, 2.75) is 19.9 Å². The predicted octanol–water partition coefficient (Wildman–Crippen LogP) is -0.110. The Balaban J connectivity index is 2.83. The highest BCUT2D eigenvalue weighted by Crippen LogP contribution is 1.95. The van der Waals surface area contributed by atoms with Gasteiger partial charge in [-0.2, -0.15) is 0 Å². The number of hydrogen-bond acceptors (Lipinski definition) is 3. The van der Waals surface area contributed by atoms with E-state index in [9.17, 15) is 14.4 Å². The lowest BCUT2D eigenvalue weighted by atomic mass is 10.2. The van der Waals surface area contributed by atoms with Crippen molar-refractivity contribution >= 4 is 11.8 Å². The minimum Gasteiger partial charge on any atom is -0.364 e. The molecule has 1 atom stereocenters. The van der Waals surface area contributed by atoms with Crippen molar-refractivity contribution in [2.75, 3.05) is 14.1 Å². The summed E-state index contributed by atoms with van der Waals surface area (Å²) in [7, 11) is 3.20. The fraction of sp³-hybridized carbons (Fsp3) is 0.417. The van der Waals surface area contributed by atoms with Crippen molar-refractivity contribution in [3.05, 3.63) is 33.7 Å². The van der Waals surface area contributed by atoms with Crippen LogP contribution in [0.25, 0.3) is 0 Å². The van der Waals surface area contributed by atoms with Crippen LogP contribution in [0.3, 0.4) is 0 Å². The quantitative estimate of drug-likeness (QED) is 0.786. The molecule has 2 amide bonds. The molecule has 1 aromatic rings. The number of hydrogen-bond donors (Lipinski definition) is 2. The van der Waals surface area contributed by atoms with Crippen molar-refractivity contribution in [3.8, 4) is 0 Å². The maximum Gasteiger partial charge on any atom is 0.257 e. The second-order valence-corrected chi connectivity index (χ2v) is 4.32. The number of amides is 2. The van der Waals surface area contributed by atoms with E-state index in [0.29, 0.717) is 5.69 Å². The molecule has 0 radical (unpaired) electrons. The van der Waals surface area contributed by atoms with Gasteiger partial charge in [-0.15, -0.1) is 0 Å². The lowest BCUT2D eigenvalue weighted by Crippen LogP contribution is -2.45. The number of nitrogens with one attached hydrogen (secondary N) is 2. The highest BCUT2D eigenvalue weighted by atomic mass is 16.2. The molecule has 1 heterocycles. The van der Waals surface area contributed by atoms with Gasteiger partial charge in [-0.3, -0.25) is 14.4 Å². The summed E-state index contributed by atoms with van der Waals surface area (Å²) in [4.78, 5) is 39.1. The van der Waals surface area contributed by atoms with Crippen LogP contribution in [0, 0.1) is 6.92 Å². The van der Waals surface area contributed by atoms with E-state index in [-0.39, 0.29) is 16.9 Å². The van der Waals surface area contributed by atoms with E-state index in [2.05, 4.69) is 10.3 Å². The van der Waals surface area contributed by atoms with Crippen molar-refractivity contribution in [1.82, 2.24) is 15.2 Å². The van der Waals surface area contributed by atoms with Gasteiger partial charge in [0.25, 0.3) is 5.91 Å². The van der Waals surface area contributed by atoms with E-state index in [0.717, 1.165) is 0 Å². The van der Waals surface area contributed by atoms with Gasteiger partial charge in [-0.25, -0.2) is 0 Å². The molecule has 1 rings (SSSR count). The van der Waals surface area contributed by atoms with Crippen LogP contribution >= 0.6 is 0 Å². The van der Waals surface area contributed by atoms with Gasteiger partial charge in [0.05, 0.1) is 0 Å². The van der Waals surface area contributed by atoms with Gasteiger partial charge in [-0.05, 0) is 13.8 Å². The molecule has 0 spiro atoms. The number of nitrogens with zero attached hydrogens (tertiary/aromatic N) is 1. The Morgan fingerprint density at radius 1 is 1.39 bits per heavy atom. The average molecular weight is 251 g/mol. The molecule has 0 saturated carbocycles. The molecule has 0 aliphatic rings. The Morgan fingerprint density at radius 3 is 2.50 bits per heavy atom. The summed E-state index contributed by atoms with van der Waals surface area (Å²) in [5.74, 6) is -0.786. The molecular formula is C12H17N3O3. The van der Waals surface area contributed by atoms with Crippen molar-refractivity contribution in [1.29, 1.82) is 0 Å². The zero-order valence-electron chi connectivity index (χ0n) is 10.9. The summed E-state index contributed by atoms with van der Waals surface area (Å²) >= 11 is 0. The number of aromatic amines is 1. The second kappa shape index (κ2) is 5.48. The van der Waals surface area contributed by atoms with E-state index in [1.165, 1.54) is 17.2 Å². The van der Waals surface area contributed by atoms with Crippen LogP contribution in [0.5, 0.6) is 0 Å². The number of likely N-dealkylation sites (N-methyl/N-ethyl adjacent to an activating group) is 1. The smallest absolute Gasteiger partial charge is 0.257 e. The van der Waals surface area contributed by atoms with Crippen molar-refractivity contribution < 1.29 is 9.59 Å². The molecule has 6 nitrogen and oxygen atoms in total. The highest BCUT2D eigenvalue weighted by Gasteiger charge is 2.19.